The van der Waals surface area contributed by atoms with Gasteiger partial charge in [-0.3, -0.25) is 4.79 Å². The molecule has 1 aliphatic rings. The van der Waals surface area contributed by atoms with Gasteiger partial charge in [0.25, 0.3) is 5.91 Å². The van der Waals surface area contributed by atoms with Crippen LogP contribution in [0.4, 0.5) is 10.5 Å². The number of urea groups is 1. The maximum atomic E-state index is 12.9. The molecular formula is C27H31N3O4. The average Bonchev–Trinajstić information content (AvgIpc) is 3.39. The molecule has 0 radical (unpaired) electrons. The molecule has 0 bridgehead atoms. The molecule has 4 rings (SSSR count). The van der Waals surface area contributed by atoms with Gasteiger partial charge in [0.1, 0.15) is 11.5 Å². The van der Waals surface area contributed by atoms with E-state index < -0.39 is 0 Å². The van der Waals surface area contributed by atoms with Gasteiger partial charge in [-0.2, -0.15) is 0 Å². The van der Waals surface area contributed by atoms with Crippen LogP contribution in [0, 0.1) is 0 Å². The van der Waals surface area contributed by atoms with Crippen molar-refractivity contribution in [3.63, 3.8) is 0 Å². The van der Waals surface area contributed by atoms with Crippen LogP contribution < -0.4 is 15.4 Å². The first-order valence-corrected chi connectivity index (χ1v) is 11.8. The van der Waals surface area contributed by atoms with Crippen molar-refractivity contribution >= 4 is 17.6 Å². The standard InChI is InChI=1S/C27H31N3O4/c1-2-33-25-12-10-23(11-13-25)29-27(32)30-16-4-8-22(19-30)20-6-3-7-21(18-20)26(31)28-15-14-24-9-5-17-34-24/h3,5-7,9-13,17-18,22H,2,4,8,14-16,19H2,1H3,(H,28,31)(H,29,32)/t22-/m1/s1. The Balaban J connectivity index is 1.33. The number of carbonyl (C=O) groups excluding carboxylic acids is 2. The minimum Gasteiger partial charge on any atom is -0.494 e. The topological polar surface area (TPSA) is 83.8 Å². The highest BCUT2D eigenvalue weighted by Gasteiger charge is 2.25. The van der Waals surface area contributed by atoms with Gasteiger partial charge in [0, 0.05) is 43.2 Å². The second-order valence-corrected chi connectivity index (χ2v) is 8.38. The van der Waals surface area contributed by atoms with Gasteiger partial charge in [-0.25, -0.2) is 4.79 Å². The molecule has 1 aromatic heterocycles. The fraction of sp³-hybridized carbons (Fsp3) is 0.333. The Bertz CT molecular complexity index is 1080. The van der Waals surface area contributed by atoms with E-state index in [9.17, 15) is 9.59 Å². The summed E-state index contributed by atoms with van der Waals surface area (Å²) >= 11 is 0. The summed E-state index contributed by atoms with van der Waals surface area (Å²) in [6, 6.07) is 18.7. The van der Waals surface area contributed by atoms with E-state index >= 15 is 0 Å². The van der Waals surface area contributed by atoms with Crippen molar-refractivity contribution in [3.8, 4) is 5.75 Å². The van der Waals surface area contributed by atoms with Crippen molar-refractivity contribution in [2.45, 2.75) is 32.1 Å². The number of piperidine rings is 1. The second kappa shape index (κ2) is 11.4. The molecule has 2 heterocycles. The monoisotopic (exact) mass is 461 g/mol. The van der Waals surface area contributed by atoms with Gasteiger partial charge in [-0.05, 0) is 73.9 Å². The number of anilines is 1. The molecule has 1 saturated heterocycles. The molecule has 1 fully saturated rings. The van der Waals surface area contributed by atoms with Crippen LogP contribution in [0.1, 0.15) is 47.4 Å². The van der Waals surface area contributed by atoms with Crippen molar-refractivity contribution in [2.24, 2.45) is 0 Å². The van der Waals surface area contributed by atoms with Crippen LogP contribution in [0.15, 0.2) is 71.3 Å². The van der Waals surface area contributed by atoms with Crippen molar-refractivity contribution in [2.75, 3.05) is 31.6 Å². The quantitative estimate of drug-likeness (QED) is 0.491. The summed E-state index contributed by atoms with van der Waals surface area (Å²) in [6.07, 6.45) is 4.18. The van der Waals surface area contributed by atoms with Gasteiger partial charge in [-0.1, -0.05) is 12.1 Å². The van der Waals surface area contributed by atoms with Gasteiger partial charge < -0.3 is 24.7 Å². The lowest BCUT2D eigenvalue weighted by molar-refractivity contribution is 0.0953. The van der Waals surface area contributed by atoms with Crippen LogP contribution in [0.25, 0.3) is 0 Å². The van der Waals surface area contributed by atoms with Gasteiger partial charge >= 0.3 is 6.03 Å². The third-order valence-corrected chi connectivity index (χ3v) is 5.98. The Labute approximate surface area is 200 Å². The Morgan fingerprint density at radius 1 is 1.12 bits per heavy atom. The second-order valence-electron chi connectivity index (χ2n) is 8.38. The van der Waals surface area contributed by atoms with Crippen LogP contribution in [0.5, 0.6) is 5.75 Å². The molecule has 1 aliphatic heterocycles. The lowest BCUT2D eigenvalue weighted by Gasteiger charge is -2.33. The molecule has 0 spiro atoms. The van der Waals surface area contributed by atoms with E-state index in [2.05, 4.69) is 10.6 Å². The first kappa shape index (κ1) is 23.4. The third-order valence-electron chi connectivity index (χ3n) is 5.98. The lowest BCUT2D eigenvalue weighted by Crippen LogP contribution is -2.41. The molecule has 7 nitrogen and oxygen atoms in total. The van der Waals surface area contributed by atoms with E-state index in [-0.39, 0.29) is 17.9 Å². The third kappa shape index (κ3) is 6.19. The van der Waals surface area contributed by atoms with Gasteiger partial charge in [0.2, 0.25) is 0 Å². The molecule has 0 saturated carbocycles. The molecule has 0 aliphatic carbocycles. The number of ether oxygens (including phenoxy) is 1. The van der Waals surface area contributed by atoms with E-state index in [0.717, 1.165) is 35.6 Å². The van der Waals surface area contributed by atoms with Crippen molar-refractivity contribution in [1.82, 2.24) is 10.2 Å². The molecule has 0 unspecified atom stereocenters. The minimum atomic E-state index is -0.110. The number of rotatable bonds is 8. The predicted molar refractivity (Wildman–Crippen MR) is 131 cm³/mol. The summed E-state index contributed by atoms with van der Waals surface area (Å²) in [5.41, 5.74) is 2.45. The normalized spacial score (nSPS) is 15.6. The number of likely N-dealkylation sites (tertiary alicyclic amines) is 1. The SMILES string of the molecule is CCOc1ccc(NC(=O)N2CCC[C@@H](c3cccc(C(=O)NCCc4ccco4)c3)C2)cc1. The summed E-state index contributed by atoms with van der Waals surface area (Å²) in [6.45, 7) is 4.39. The van der Waals surface area contributed by atoms with Crippen molar-refractivity contribution in [3.05, 3.63) is 83.8 Å². The molecule has 7 heteroatoms. The minimum absolute atomic E-state index is 0.102. The zero-order valence-electron chi connectivity index (χ0n) is 19.5. The molecular weight excluding hydrogens is 430 g/mol. The van der Waals surface area contributed by atoms with Crippen LogP contribution in [0.2, 0.25) is 0 Å². The molecule has 2 N–H and O–H groups in total. The van der Waals surface area contributed by atoms with Crippen molar-refractivity contribution in [1.29, 1.82) is 0 Å². The first-order valence-electron chi connectivity index (χ1n) is 11.8. The largest absolute Gasteiger partial charge is 0.494 e. The summed E-state index contributed by atoms with van der Waals surface area (Å²) < 4.78 is 10.8. The number of hydrogen-bond acceptors (Lipinski definition) is 4. The van der Waals surface area contributed by atoms with E-state index in [1.165, 1.54) is 0 Å². The highest BCUT2D eigenvalue weighted by molar-refractivity contribution is 5.94. The zero-order valence-corrected chi connectivity index (χ0v) is 19.5. The van der Waals surface area contributed by atoms with Gasteiger partial charge in [-0.15, -0.1) is 0 Å². The highest BCUT2D eigenvalue weighted by atomic mass is 16.5. The number of nitrogens with one attached hydrogen (secondary N) is 2. The molecule has 178 valence electrons. The highest BCUT2D eigenvalue weighted by Crippen LogP contribution is 2.28. The number of carbonyl (C=O) groups is 2. The van der Waals surface area contributed by atoms with Gasteiger partial charge in [0.15, 0.2) is 0 Å². The van der Waals surface area contributed by atoms with E-state index in [0.29, 0.717) is 38.2 Å². The fourth-order valence-corrected chi connectivity index (χ4v) is 4.23. The average molecular weight is 462 g/mol. The van der Waals surface area contributed by atoms with Crippen LogP contribution >= 0.6 is 0 Å². The fourth-order valence-electron chi connectivity index (χ4n) is 4.23. The lowest BCUT2D eigenvalue weighted by atomic mass is 9.89. The Kier molecular flexibility index (Phi) is 7.86. The first-order chi connectivity index (χ1) is 16.6. The molecule has 3 aromatic rings. The Morgan fingerprint density at radius 2 is 1.97 bits per heavy atom. The summed E-state index contributed by atoms with van der Waals surface area (Å²) in [7, 11) is 0. The number of amides is 3. The van der Waals surface area contributed by atoms with Crippen LogP contribution in [0.3, 0.4) is 0 Å². The predicted octanol–water partition coefficient (Wildman–Crippen LogP) is 5.06. The number of nitrogens with zero attached hydrogens (tertiary/aromatic N) is 1. The molecule has 34 heavy (non-hydrogen) atoms. The smallest absolute Gasteiger partial charge is 0.321 e. The van der Waals surface area contributed by atoms with Crippen LogP contribution in [-0.2, 0) is 6.42 Å². The molecule has 1 atom stereocenters. The Morgan fingerprint density at radius 3 is 2.74 bits per heavy atom. The molecule has 3 amide bonds. The maximum absolute atomic E-state index is 12.9. The van der Waals surface area contributed by atoms with Gasteiger partial charge in [0.05, 0.1) is 12.9 Å². The van der Waals surface area contributed by atoms with E-state index in [4.69, 9.17) is 9.15 Å². The Hall–Kier alpha value is -3.74. The number of benzene rings is 2. The van der Waals surface area contributed by atoms with E-state index in [1.807, 2.05) is 72.5 Å². The van der Waals surface area contributed by atoms with Crippen molar-refractivity contribution < 1.29 is 18.7 Å². The summed E-state index contributed by atoms with van der Waals surface area (Å²) in [4.78, 5) is 27.3. The zero-order chi connectivity index (χ0) is 23.8. The molecule has 2 aromatic carbocycles. The number of furan rings is 1. The summed E-state index contributed by atoms with van der Waals surface area (Å²) in [5.74, 6) is 1.72. The maximum Gasteiger partial charge on any atom is 0.321 e. The van der Waals surface area contributed by atoms with Crippen LogP contribution in [-0.4, -0.2) is 43.1 Å². The number of hydrogen-bond donors (Lipinski definition) is 2. The van der Waals surface area contributed by atoms with E-state index in [1.54, 1.807) is 6.26 Å². The summed E-state index contributed by atoms with van der Waals surface area (Å²) in [5, 5.41) is 5.93.